The van der Waals surface area contributed by atoms with Gasteiger partial charge in [0.05, 0.1) is 24.2 Å². The van der Waals surface area contributed by atoms with Crippen molar-refractivity contribution in [1.29, 1.82) is 0 Å². The van der Waals surface area contributed by atoms with Gasteiger partial charge in [0.25, 0.3) is 5.69 Å². The van der Waals surface area contributed by atoms with Crippen molar-refractivity contribution < 1.29 is 14.5 Å². The highest BCUT2D eigenvalue weighted by atomic mass is 16.6. The van der Waals surface area contributed by atoms with Crippen molar-refractivity contribution in [2.75, 3.05) is 7.11 Å². The molecule has 0 bridgehead atoms. The smallest absolute Gasteiger partial charge is 0.269 e. The van der Waals surface area contributed by atoms with E-state index in [9.17, 15) is 14.9 Å². The lowest BCUT2D eigenvalue weighted by atomic mass is 9.65. The third-order valence-corrected chi connectivity index (χ3v) is 7.05. The first kappa shape index (κ1) is 21.6. The normalized spacial score (nSPS) is 28.0. The van der Waals surface area contributed by atoms with Gasteiger partial charge in [-0.05, 0) is 35.1 Å². The van der Waals surface area contributed by atoms with Gasteiger partial charge in [0.15, 0.2) is 5.78 Å². The number of nitro benzene ring substituents is 1. The summed E-state index contributed by atoms with van der Waals surface area (Å²) in [5.41, 5.74) is 10.6. The quantitative estimate of drug-likeness (QED) is 0.483. The molecule has 2 aromatic rings. The molecule has 0 amide bonds. The van der Waals surface area contributed by atoms with Crippen molar-refractivity contribution in [3.63, 3.8) is 0 Å². The summed E-state index contributed by atoms with van der Waals surface area (Å²) in [6, 6.07) is 14.4. The first-order valence-electron chi connectivity index (χ1n) is 11.2. The van der Waals surface area contributed by atoms with Gasteiger partial charge in [-0.3, -0.25) is 14.9 Å². The van der Waals surface area contributed by atoms with Crippen molar-refractivity contribution in [3.8, 4) is 5.75 Å². The Hall–Kier alpha value is -3.23. The number of rotatable bonds is 4. The molecule has 1 saturated heterocycles. The Balaban J connectivity index is 1.60. The van der Waals surface area contributed by atoms with Crippen molar-refractivity contribution in [1.82, 2.24) is 16.2 Å². The molecule has 2 aromatic carbocycles. The van der Waals surface area contributed by atoms with Crippen molar-refractivity contribution in [2.24, 2.45) is 11.3 Å². The Morgan fingerprint density at radius 1 is 1.00 bits per heavy atom. The summed E-state index contributed by atoms with van der Waals surface area (Å²) in [5, 5.41) is 14.7. The zero-order valence-corrected chi connectivity index (χ0v) is 18.9. The molecule has 8 nitrogen and oxygen atoms in total. The number of benzene rings is 2. The van der Waals surface area contributed by atoms with Crippen LogP contribution in [0.2, 0.25) is 0 Å². The molecule has 8 heteroatoms. The number of allylic oxidation sites excluding steroid dienone is 2. The van der Waals surface area contributed by atoms with Gasteiger partial charge in [-0.25, -0.2) is 10.9 Å². The molecule has 172 valence electrons. The average molecular weight is 449 g/mol. The Kier molecular flexibility index (Phi) is 5.22. The third kappa shape index (κ3) is 3.79. The van der Waals surface area contributed by atoms with E-state index < -0.39 is 4.92 Å². The van der Waals surface area contributed by atoms with E-state index in [2.05, 4.69) is 30.0 Å². The Labute approximate surface area is 192 Å². The molecular weight excluding hydrogens is 420 g/mol. The molecule has 2 aliphatic heterocycles. The number of methoxy groups -OCH3 is 1. The van der Waals surface area contributed by atoms with Crippen LogP contribution in [-0.4, -0.2) is 24.0 Å². The number of Topliss-reactive ketones (excluding diaryl/α,β-unsaturated/α-hetero) is 1. The number of nitrogens with one attached hydrogen (secondary N) is 3. The first-order valence-corrected chi connectivity index (χ1v) is 11.2. The highest BCUT2D eigenvalue weighted by Gasteiger charge is 2.51. The van der Waals surface area contributed by atoms with E-state index in [4.69, 9.17) is 4.74 Å². The van der Waals surface area contributed by atoms with Crippen molar-refractivity contribution in [2.45, 2.75) is 44.8 Å². The Morgan fingerprint density at radius 2 is 1.67 bits per heavy atom. The molecule has 3 aliphatic rings. The van der Waals surface area contributed by atoms with Gasteiger partial charge in [-0.2, -0.15) is 0 Å². The van der Waals surface area contributed by atoms with Crippen molar-refractivity contribution in [3.05, 3.63) is 81.0 Å². The predicted octanol–water partition coefficient (Wildman–Crippen LogP) is 3.72. The Morgan fingerprint density at radius 3 is 2.30 bits per heavy atom. The average Bonchev–Trinajstić information content (AvgIpc) is 3.20. The van der Waals surface area contributed by atoms with Gasteiger partial charge < -0.3 is 10.1 Å². The van der Waals surface area contributed by atoms with E-state index in [1.165, 1.54) is 12.1 Å². The number of carbonyl (C=O) groups is 1. The van der Waals surface area contributed by atoms with E-state index in [1.807, 2.05) is 24.3 Å². The molecule has 4 atom stereocenters. The van der Waals surface area contributed by atoms with E-state index in [-0.39, 0.29) is 40.9 Å². The van der Waals surface area contributed by atoms with Crippen LogP contribution in [0.15, 0.2) is 59.8 Å². The fourth-order valence-electron chi connectivity index (χ4n) is 5.60. The first-order chi connectivity index (χ1) is 15.8. The molecule has 0 saturated carbocycles. The molecule has 4 unspecified atom stereocenters. The fourth-order valence-corrected chi connectivity index (χ4v) is 5.60. The second kappa shape index (κ2) is 7.97. The zero-order chi connectivity index (χ0) is 23.3. The molecule has 2 heterocycles. The van der Waals surface area contributed by atoms with Crippen LogP contribution in [0.3, 0.4) is 0 Å². The minimum atomic E-state index is -0.394. The summed E-state index contributed by atoms with van der Waals surface area (Å²) in [7, 11) is 1.64. The van der Waals surface area contributed by atoms with Crippen LogP contribution in [0, 0.1) is 21.4 Å². The minimum absolute atomic E-state index is 0.0104. The topological polar surface area (TPSA) is 106 Å². The standard InChI is InChI=1S/C25H28N4O4/c1-25(2)12-18-21(19(30)13-25)20(14-6-10-17(33-3)11-7-14)22-23(27-28-24(22)26-18)15-4-8-16(9-5-15)29(31)32/h4-11,20,22-24,26-28H,12-13H2,1-3H3. The van der Waals surface area contributed by atoms with E-state index in [0.717, 1.165) is 34.6 Å². The number of nitro groups is 1. The summed E-state index contributed by atoms with van der Waals surface area (Å²) < 4.78 is 5.35. The summed E-state index contributed by atoms with van der Waals surface area (Å²) in [4.78, 5) is 24.2. The van der Waals surface area contributed by atoms with Crippen LogP contribution in [0.4, 0.5) is 5.69 Å². The monoisotopic (exact) mass is 448 g/mol. The number of hydrogen-bond acceptors (Lipinski definition) is 7. The lowest BCUT2D eigenvalue weighted by Gasteiger charge is -2.44. The number of ketones is 1. The molecule has 0 radical (unpaired) electrons. The van der Waals surface area contributed by atoms with Crippen LogP contribution < -0.4 is 20.9 Å². The van der Waals surface area contributed by atoms with Gasteiger partial charge in [-0.15, -0.1) is 0 Å². The second-order valence-electron chi connectivity index (χ2n) is 9.90. The van der Waals surface area contributed by atoms with Crippen LogP contribution in [0.1, 0.15) is 49.8 Å². The molecule has 5 rings (SSSR count). The van der Waals surface area contributed by atoms with Gasteiger partial charge in [0.2, 0.25) is 0 Å². The molecule has 1 aliphatic carbocycles. The lowest BCUT2D eigenvalue weighted by molar-refractivity contribution is -0.384. The third-order valence-electron chi connectivity index (χ3n) is 7.05. The molecule has 1 fully saturated rings. The SMILES string of the molecule is COc1ccc(C2C3=C(CC(C)(C)CC3=O)NC3NNC(c4ccc([N+](=O)[O-])cc4)C32)cc1. The number of non-ortho nitro benzene ring substituents is 1. The van der Waals surface area contributed by atoms with Crippen LogP contribution in [0.5, 0.6) is 5.75 Å². The van der Waals surface area contributed by atoms with Crippen LogP contribution in [0.25, 0.3) is 0 Å². The number of carbonyl (C=O) groups excluding carboxylic acids is 1. The predicted molar refractivity (Wildman–Crippen MR) is 123 cm³/mol. The maximum Gasteiger partial charge on any atom is 0.269 e. The number of nitrogens with zero attached hydrogens (tertiary/aromatic N) is 1. The number of ether oxygens (including phenoxy) is 1. The second-order valence-corrected chi connectivity index (χ2v) is 9.90. The molecule has 33 heavy (non-hydrogen) atoms. The molecular formula is C25H28N4O4. The van der Waals surface area contributed by atoms with E-state index >= 15 is 0 Å². The summed E-state index contributed by atoms with van der Waals surface area (Å²) in [6.45, 7) is 4.26. The van der Waals surface area contributed by atoms with Crippen molar-refractivity contribution >= 4 is 11.5 Å². The molecule has 0 spiro atoms. The maximum absolute atomic E-state index is 13.5. The van der Waals surface area contributed by atoms with Crippen LogP contribution >= 0.6 is 0 Å². The summed E-state index contributed by atoms with van der Waals surface area (Å²) >= 11 is 0. The fraction of sp³-hybridized carbons (Fsp3) is 0.400. The van der Waals surface area contributed by atoms with Gasteiger partial charge in [0.1, 0.15) is 5.75 Å². The molecule has 0 aromatic heterocycles. The van der Waals surface area contributed by atoms with Gasteiger partial charge in [-0.1, -0.05) is 38.1 Å². The number of hydrogen-bond donors (Lipinski definition) is 3. The highest BCUT2D eigenvalue weighted by Crippen LogP contribution is 2.51. The largest absolute Gasteiger partial charge is 0.497 e. The Bertz CT molecular complexity index is 1120. The number of hydrazine groups is 1. The summed E-state index contributed by atoms with van der Waals surface area (Å²) in [5.74, 6) is 0.818. The van der Waals surface area contributed by atoms with E-state index in [1.54, 1.807) is 19.2 Å². The number of fused-ring (bicyclic) bond motifs is 1. The maximum atomic E-state index is 13.5. The minimum Gasteiger partial charge on any atom is -0.497 e. The highest BCUT2D eigenvalue weighted by molar-refractivity contribution is 5.99. The molecule has 3 N–H and O–H groups in total. The van der Waals surface area contributed by atoms with Gasteiger partial charge >= 0.3 is 0 Å². The van der Waals surface area contributed by atoms with Crippen LogP contribution in [-0.2, 0) is 4.79 Å². The lowest BCUT2D eigenvalue weighted by Crippen LogP contribution is -2.51. The summed E-state index contributed by atoms with van der Waals surface area (Å²) in [6.07, 6.45) is 1.24. The van der Waals surface area contributed by atoms with E-state index in [0.29, 0.717) is 6.42 Å². The zero-order valence-electron chi connectivity index (χ0n) is 18.9. The van der Waals surface area contributed by atoms with Gasteiger partial charge in [0, 0.05) is 41.7 Å².